The first-order valence-corrected chi connectivity index (χ1v) is 6.22. The molecule has 19 heavy (non-hydrogen) atoms. The number of hydrogen-bond donors (Lipinski definition) is 1. The minimum absolute atomic E-state index is 0.0290. The lowest BCUT2D eigenvalue weighted by atomic mass is 10.0. The molecule has 0 atom stereocenters. The van der Waals surface area contributed by atoms with E-state index in [4.69, 9.17) is 0 Å². The molecular weight excluding hydrogens is 236 g/mol. The van der Waals surface area contributed by atoms with Crippen molar-refractivity contribution in [3.05, 3.63) is 65.1 Å². The zero-order valence-corrected chi connectivity index (χ0v) is 10.9. The van der Waals surface area contributed by atoms with Crippen LogP contribution in [0.2, 0.25) is 0 Å². The van der Waals surface area contributed by atoms with E-state index < -0.39 is 0 Å². The second kappa shape index (κ2) is 4.35. The van der Waals surface area contributed by atoms with Gasteiger partial charge in [0.2, 0.25) is 5.78 Å². The van der Waals surface area contributed by atoms with Gasteiger partial charge in [-0.15, -0.1) is 0 Å². The summed E-state index contributed by atoms with van der Waals surface area (Å²) in [6.07, 6.45) is 0. The maximum Gasteiger partial charge on any atom is 0.213 e. The van der Waals surface area contributed by atoms with Gasteiger partial charge < -0.3 is 4.98 Å². The highest BCUT2D eigenvalue weighted by Crippen LogP contribution is 2.24. The number of hydrogen-bond acceptors (Lipinski definition) is 2. The molecule has 0 fully saturated rings. The first-order chi connectivity index (χ1) is 9.16. The Balaban J connectivity index is 2.19. The van der Waals surface area contributed by atoms with Crippen LogP contribution in [0.4, 0.5) is 0 Å². The van der Waals surface area contributed by atoms with Crippen LogP contribution in [0.1, 0.15) is 27.4 Å². The molecule has 0 aliphatic carbocycles. The van der Waals surface area contributed by atoms with Crippen molar-refractivity contribution >= 4 is 16.7 Å². The van der Waals surface area contributed by atoms with Gasteiger partial charge in [-0.3, -0.25) is 4.79 Å². The van der Waals surface area contributed by atoms with Gasteiger partial charge in [0.15, 0.2) is 0 Å². The minimum Gasteiger partial charge on any atom is -0.358 e. The standard InChI is InChI=1S/C16H14N2O/c1-10-6-5-9-14(17-10)16(19)15-11(2)18-13-8-4-3-7-12(13)15/h3-9,18H,1-2H3. The van der Waals surface area contributed by atoms with Gasteiger partial charge in [-0.05, 0) is 32.0 Å². The molecule has 0 saturated heterocycles. The topological polar surface area (TPSA) is 45.8 Å². The van der Waals surface area contributed by atoms with E-state index in [1.54, 1.807) is 6.07 Å². The first kappa shape index (κ1) is 11.7. The van der Waals surface area contributed by atoms with Crippen LogP contribution in [-0.2, 0) is 0 Å². The molecule has 1 N–H and O–H groups in total. The number of carbonyl (C=O) groups is 1. The van der Waals surface area contributed by atoms with Crippen molar-refractivity contribution in [3.8, 4) is 0 Å². The van der Waals surface area contributed by atoms with Gasteiger partial charge in [-0.2, -0.15) is 0 Å². The van der Waals surface area contributed by atoms with Crippen molar-refractivity contribution in [1.82, 2.24) is 9.97 Å². The van der Waals surface area contributed by atoms with Gasteiger partial charge in [-0.25, -0.2) is 4.98 Å². The number of rotatable bonds is 2. The second-order valence-electron chi connectivity index (χ2n) is 4.66. The van der Waals surface area contributed by atoms with E-state index in [9.17, 15) is 4.79 Å². The quantitative estimate of drug-likeness (QED) is 0.708. The molecule has 3 nitrogen and oxygen atoms in total. The Morgan fingerprint density at radius 1 is 1.05 bits per heavy atom. The van der Waals surface area contributed by atoms with Crippen LogP contribution < -0.4 is 0 Å². The maximum atomic E-state index is 12.6. The Kier molecular flexibility index (Phi) is 2.67. The molecule has 2 heterocycles. The third kappa shape index (κ3) is 1.93. The van der Waals surface area contributed by atoms with Gasteiger partial charge >= 0.3 is 0 Å². The minimum atomic E-state index is -0.0290. The van der Waals surface area contributed by atoms with Gasteiger partial charge in [0, 0.05) is 22.3 Å². The van der Waals surface area contributed by atoms with E-state index in [0.29, 0.717) is 11.3 Å². The van der Waals surface area contributed by atoms with Gasteiger partial charge in [0.1, 0.15) is 5.69 Å². The van der Waals surface area contributed by atoms with Crippen molar-refractivity contribution < 1.29 is 4.79 Å². The summed E-state index contributed by atoms with van der Waals surface area (Å²) in [6.45, 7) is 3.81. The second-order valence-corrected chi connectivity index (χ2v) is 4.66. The summed E-state index contributed by atoms with van der Waals surface area (Å²) in [7, 11) is 0. The van der Waals surface area contributed by atoms with E-state index in [1.165, 1.54) is 0 Å². The smallest absolute Gasteiger partial charge is 0.213 e. The SMILES string of the molecule is Cc1cccc(C(=O)c2c(C)[nH]c3ccccc23)n1. The highest BCUT2D eigenvalue weighted by atomic mass is 16.1. The van der Waals surface area contributed by atoms with Crippen LogP contribution in [0, 0.1) is 13.8 Å². The lowest BCUT2D eigenvalue weighted by Crippen LogP contribution is -2.05. The molecule has 94 valence electrons. The number of para-hydroxylation sites is 1. The predicted octanol–water partition coefficient (Wildman–Crippen LogP) is 3.41. The zero-order valence-electron chi connectivity index (χ0n) is 10.9. The molecule has 3 aromatic rings. The molecule has 1 aromatic carbocycles. The lowest BCUT2D eigenvalue weighted by Gasteiger charge is -2.01. The largest absolute Gasteiger partial charge is 0.358 e. The number of nitrogens with zero attached hydrogens (tertiary/aromatic N) is 1. The predicted molar refractivity (Wildman–Crippen MR) is 75.4 cm³/mol. The highest BCUT2D eigenvalue weighted by Gasteiger charge is 2.18. The molecule has 0 radical (unpaired) electrons. The first-order valence-electron chi connectivity index (χ1n) is 6.22. The molecule has 3 rings (SSSR count). The van der Waals surface area contributed by atoms with Crippen molar-refractivity contribution in [2.24, 2.45) is 0 Å². The molecule has 0 aliphatic heterocycles. The number of aromatic amines is 1. The van der Waals surface area contributed by atoms with Crippen LogP contribution in [0.15, 0.2) is 42.5 Å². The van der Waals surface area contributed by atoms with Crippen LogP contribution in [-0.4, -0.2) is 15.8 Å². The van der Waals surface area contributed by atoms with Gasteiger partial charge in [-0.1, -0.05) is 24.3 Å². The maximum absolute atomic E-state index is 12.6. The average molecular weight is 250 g/mol. The molecule has 3 heteroatoms. The Morgan fingerprint density at radius 2 is 1.84 bits per heavy atom. The molecular formula is C16H14N2O. The number of aryl methyl sites for hydroxylation is 2. The van der Waals surface area contributed by atoms with Crippen LogP contribution in [0.25, 0.3) is 10.9 Å². The number of benzene rings is 1. The van der Waals surface area contributed by atoms with Crippen molar-refractivity contribution in [3.63, 3.8) is 0 Å². The fraction of sp³-hybridized carbons (Fsp3) is 0.125. The molecule has 0 spiro atoms. The average Bonchev–Trinajstić information content (AvgIpc) is 2.74. The van der Waals surface area contributed by atoms with Gasteiger partial charge in [0.25, 0.3) is 0 Å². The number of aromatic nitrogens is 2. The Morgan fingerprint density at radius 3 is 2.63 bits per heavy atom. The fourth-order valence-electron chi connectivity index (χ4n) is 2.37. The zero-order chi connectivity index (χ0) is 13.4. The van der Waals surface area contributed by atoms with Gasteiger partial charge in [0.05, 0.1) is 5.56 Å². The number of H-pyrrole nitrogens is 1. The molecule has 0 saturated carbocycles. The summed E-state index contributed by atoms with van der Waals surface area (Å²) in [5.74, 6) is -0.0290. The summed E-state index contributed by atoms with van der Waals surface area (Å²) >= 11 is 0. The van der Waals surface area contributed by atoms with Crippen molar-refractivity contribution in [2.75, 3.05) is 0 Å². The third-order valence-corrected chi connectivity index (χ3v) is 3.24. The molecule has 2 aromatic heterocycles. The van der Waals surface area contributed by atoms with Crippen LogP contribution >= 0.6 is 0 Å². The normalized spacial score (nSPS) is 10.8. The summed E-state index contributed by atoms with van der Waals surface area (Å²) in [5.41, 5.74) is 3.93. The number of ketones is 1. The van der Waals surface area contributed by atoms with E-state index in [1.807, 2.05) is 50.2 Å². The van der Waals surface area contributed by atoms with E-state index >= 15 is 0 Å². The number of nitrogens with one attached hydrogen (secondary N) is 1. The van der Waals surface area contributed by atoms with E-state index in [2.05, 4.69) is 9.97 Å². The molecule has 0 amide bonds. The van der Waals surface area contributed by atoms with Crippen molar-refractivity contribution in [2.45, 2.75) is 13.8 Å². The Bertz CT molecular complexity index is 771. The number of fused-ring (bicyclic) bond motifs is 1. The molecule has 0 bridgehead atoms. The monoisotopic (exact) mass is 250 g/mol. The molecule has 0 aliphatic rings. The number of pyridine rings is 1. The Labute approximate surface area is 111 Å². The summed E-state index contributed by atoms with van der Waals surface area (Å²) in [5, 5.41) is 0.952. The summed E-state index contributed by atoms with van der Waals surface area (Å²) in [4.78, 5) is 20.2. The lowest BCUT2D eigenvalue weighted by molar-refractivity contribution is 0.103. The summed E-state index contributed by atoms with van der Waals surface area (Å²) < 4.78 is 0. The fourth-order valence-corrected chi connectivity index (χ4v) is 2.37. The van der Waals surface area contributed by atoms with E-state index in [0.717, 1.165) is 22.3 Å². The molecule has 0 unspecified atom stereocenters. The van der Waals surface area contributed by atoms with E-state index in [-0.39, 0.29) is 5.78 Å². The van der Waals surface area contributed by atoms with Crippen LogP contribution in [0.5, 0.6) is 0 Å². The van der Waals surface area contributed by atoms with Crippen LogP contribution in [0.3, 0.4) is 0 Å². The third-order valence-electron chi connectivity index (χ3n) is 3.24. The van der Waals surface area contributed by atoms with Crippen molar-refractivity contribution in [1.29, 1.82) is 0 Å². The number of carbonyl (C=O) groups excluding carboxylic acids is 1. The Hall–Kier alpha value is -2.42. The summed E-state index contributed by atoms with van der Waals surface area (Å²) in [6, 6.07) is 13.3. The highest BCUT2D eigenvalue weighted by molar-refractivity contribution is 6.16.